The molecule has 0 fully saturated rings. The Balaban J connectivity index is 2.72. The van der Waals surface area contributed by atoms with Crippen LogP contribution in [0.3, 0.4) is 0 Å². The molecular weight excluding hydrogens is 230 g/mol. The second kappa shape index (κ2) is 6.96. The Hall–Kier alpha value is -1.62. The lowest BCUT2D eigenvalue weighted by Gasteiger charge is -2.12. The van der Waals surface area contributed by atoms with Crippen molar-refractivity contribution < 1.29 is 9.53 Å². The van der Waals surface area contributed by atoms with E-state index in [9.17, 15) is 4.79 Å². The normalized spacial score (nSPS) is 12.2. The Morgan fingerprint density at radius 3 is 3.06 bits per heavy atom. The molecule has 0 radical (unpaired) electrons. The van der Waals surface area contributed by atoms with E-state index in [1.165, 1.54) is 0 Å². The Morgan fingerprint density at radius 2 is 2.44 bits per heavy atom. The fourth-order valence-corrected chi connectivity index (χ4v) is 1.66. The predicted octanol–water partition coefficient (Wildman–Crippen LogP) is 1.65. The molecule has 100 valence electrons. The highest BCUT2D eigenvalue weighted by molar-refractivity contribution is 5.90. The van der Waals surface area contributed by atoms with Crippen LogP contribution < -0.4 is 5.32 Å². The van der Waals surface area contributed by atoms with Gasteiger partial charge >= 0.3 is 5.97 Å². The quantitative estimate of drug-likeness (QED) is 0.591. The second-order valence-electron chi connectivity index (χ2n) is 4.16. The van der Waals surface area contributed by atoms with Crippen molar-refractivity contribution in [3.05, 3.63) is 30.1 Å². The Morgan fingerprint density at radius 1 is 1.72 bits per heavy atom. The van der Waals surface area contributed by atoms with E-state index < -0.39 is 0 Å². The van der Waals surface area contributed by atoms with E-state index in [0.29, 0.717) is 24.8 Å². The summed E-state index contributed by atoms with van der Waals surface area (Å²) in [6, 6.07) is 0.312. The molecule has 1 heterocycles. The highest BCUT2D eigenvalue weighted by Crippen LogP contribution is 2.09. The molecular formula is C13H21N3O2. The maximum atomic E-state index is 11.7. The molecule has 0 bridgehead atoms. The van der Waals surface area contributed by atoms with Crippen molar-refractivity contribution in [2.75, 3.05) is 6.61 Å². The number of ether oxygens (including phenoxy) is 1. The van der Waals surface area contributed by atoms with Gasteiger partial charge in [0.15, 0.2) is 0 Å². The van der Waals surface area contributed by atoms with Crippen LogP contribution in [-0.2, 0) is 18.3 Å². The van der Waals surface area contributed by atoms with Gasteiger partial charge in [0.05, 0.1) is 18.5 Å². The van der Waals surface area contributed by atoms with Crippen LogP contribution in [0.5, 0.6) is 0 Å². The van der Waals surface area contributed by atoms with Gasteiger partial charge < -0.3 is 10.1 Å². The van der Waals surface area contributed by atoms with E-state index in [-0.39, 0.29) is 5.97 Å². The molecule has 1 aromatic heterocycles. The average molecular weight is 251 g/mol. The summed E-state index contributed by atoms with van der Waals surface area (Å²) >= 11 is 0. The van der Waals surface area contributed by atoms with Crippen LogP contribution in [0, 0.1) is 0 Å². The van der Waals surface area contributed by atoms with Crippen molar-refractivity contribution in [2.24, 2.45) is 7.05 Å². The van der Waals surface area contributed by atoms with Crippen molar-refractivity contribution in [3.63, 3.8) is 0 Å². The molecule has 5 nitrogen and oxygen atoms in total. The minimum atomic E-state index is -0.321. The van der Waals surface area contributed by atoms with Crippen LogP contribution >= 0.6 is 0 Å². The highest BCUT2D eigenvalue weighted by atomic mass is 16.5. The fraction of sp³-hybridized carbons (Fsp3) is 0.538. The first kappa shape index (κ1) is 14.4. The summed E-state index contributed by atoms with van der Waals surface area (Å²) in [6.07, 6.45) is 4.30. The Bertz CT molecular complexity index is 412. The minimum Gasteiger partial charge on any atom is -0.462 e. The van der Waals surface area contributed by atoms with Gasteiger partial charge in [0.1, 0.15) is 5.56 Å². The number of aryl methyl sites for hydroxylation is 1. The highest BCUT2D eigenvalue weighted by Gasteiger charge is 2.17. The summed E-state index contributed by atoms with van der Waals surface area (Å²) in [5.41, 5.74) is 1.36. The van der Waals surface area contributed by atoms with E-state index in [1.54, 1.807) is 17.8 Å². The third-order valence-electron chi connectivity index (χ3n) is 2.70. The zero-order valence-electron chi connectivity index (χ0n) is 11.3. The van der Waals surface area contributed by atoms with E-state index in [2.05, 4.69) is 23.9 Å². The first-order valence-electron chi connectivity index (χ1n) is 6.12. The number of hydrogen-bond acceptors (Lipinski definition) is 4. The summed E-state index contributed by atoms with van der Waals surface area (Å²) in [5, 5.41) is 7.42. The smallest absolute Gasteiger partial charge is 0.341 e. The van der Waals surface area contributed by atoms with Crippen LogP contribution in [0.4, 0.5) is 0 Å². The largest absolute Gasteiger partial charge is 0.462 e. The molecule has 1 aromatic rings. The first-order valence-corrected chi connectivity index (χ1v) is 6.12. The van der Waals surface area contributed by atoms with E-state index in [4.69, 9.17) is 4.74 Å². The van der Waals surface area contributed by atoms with Crippen LogP contribution in [0.2, 0.25) is 0 Å². The van der Waals surface area contributed by atoms with Gasteiger partial charge in [-0.1, -0.05) is 6.08 Å². The molecule has 1 unspecified atom stereocenters. The van der Waals surface area contributed by atoms with Gasteiger partial charge in [-0.2, -0.15) is 5.10 Å². The average Bonchev–Trinajstić information content (AvgIpc) is 2.69. The van der Waals surface area contributed by atoms with Crippen molar-refractivity contribution in [3.8, 4) is 0 Å². The van der Waals surface area contributed by atoms with Gasteiger partial charge in [0.2, 0.25) is 0 Å². The molecule has 0 aliphatic rings. The number of rotatable bonds is 7. The third kappa shape index (κ3) is 3.70. The van der Waals surface area contributed by atoms with Gasteiger partial charge in [0.25, 0.3) is 0 Å². The van der Waals surface area contributed by atoms with Crippen molar-refractivity contribution >= 4 is 5.97 Å². The Labute approximate surface area is 108 Å². The van der Waals surface area contributed by atoms with E-state index in [1.807, 2.05) is 13.1 Å². The number of carbonyl (C=O) groups is 1. The molecule has 5 heteroatoms. The maximum absolute atomic E-state index is 11.7. The number of esters is 1. The lowest BCUT2D eigenvalue weighted by atomic mass is 10.2. The summed E-state index contributed by atoms with van der Waals surface area (Å²) in [5.74, 6) is -0.321. The van der Waals surface area contributed by atoms with Gasteiger partial charge in [0, 0.05) is 19.6 Å². The molecule has 0 saturated heterocycles. The lowest BCUT2D eigenvalue weighted by molar-refractivity contribution is 0.0524. The van der Waals surface area contributed by atoms with E-state index >= 15 is 0 Å². The van der Waals surface area contributed by atoms with Crippen LogP contribution in [-0.4, -0.2) is 28.4 Å². The molecule has 0 aromatic carbocycles. The number of carbonyl (C=O) groups excluding carboxylic acids is 1. The SMILES string of the molecule is C=CCC(C)NCc1c(C(=O)OCC)cnn1C. The molecule has 0 amide bonds. The van der Waals surface area contributed by atoms with Crippen molar-refractivity contribution in [2.45, 2.75) is 32.9 Å². The maximum Gasteiger partial charge on any atom is 0.341 e. The molecule has 1 N–H and O–H groups in total. The standard InChI is InChI=1S/C13H21N3O2/c1-5-7-10(3)14-9-12-11(8-15-16(12)4)13(17)18-6-2/h5,8,10,14H,1,6-7,9H2,2-4H3. The van der Waals surface area contributed by atoms with Gasteiger partial charge in [-0.05, 0) is 20.3 Å². The zero-order valence-corrected chi connectivity index (χ0v) is 11.3. The molecule has 0 aliphatic carbocycles. The summed E-state index contributed by atoms with van der Waals surface area (Å²) in [4.78, 5) is 11.7. The molecule has 0 aliphatic heterocycles. The summed E-state index contributed by atoms with van der Waals surface area (Å²) in [7, 11) is 1.82. The first-order chi connectivity index (χ1) is 8.60. The topological polar surface area (TPSA) is 56.1 Å². The number of nitrogens with zero attached hydrogens (tertiary/aromatic N) is 2. The molecule has 0 spiro atoms. The lowest BCUT2D eigenvalue weighted by Crippen LogP contribution is -2.27. The van der Waals surface area contributed by atoms with Crippen molar-refractivity contribution in [1.82, 2.24) is 15.1 Å². The van der Waals surface area contributed by atoms with E-state index in [0.717, 1.165) is 12.1 Å². The monoisotopic (exact) mass is 251 g/mol. The number of nitrogens with one attached hydrogen (secondary N) is 1. The predicted molar refractivity (Wildman–Crippen MR) is 70.3 cm³/mol. The van der Waals surface area contributed by atoms with Crippen LogP contribution in [0.1, 0.15) is 36.3 Å². The molecule has 1 atom stereocenters. The zero-order chi connectivity index (χ0) is 13.5. The van der Waals surface area contributed by atoms with Crippen LogP contribution in [0.25, 0.3) is 0 Å². The van der Waals surface area contributed by atoms with Gasteiger partial charge in [-0.25, -0.2) is 4.79 Å². The molecule has 18 heavy (non-hydrogen) atoms. The van der Waals surface area contributed by atoms with Crippen molar-refractivity contribution in [1.29, 1.82) is 0 Å². The molecule has 1 rings (SSSR count). The van der Waals surface area contributed by atoms with Gasteiger partial charge in [-0.15, -0.1) is 6.58 Å². The Kier molecular flexibility index (Phi) is 5.58. The second-order valence-corrected chi connectivity index (χ2v) is 4.16. The minimum absolute atomic E-state index is 0.312. The number of hydrogen-bond donors (Lipinski definition) is 1. The molecule has 0 saturated carbocycles. The van der Waals surface area contributed by atoms with Crippen LogP contribution in [0.15, 0.2) is 18.9 Å². The fourth-order valence-electron chi connectivity index (χ4n) is 1.66. The summed E-state index contributed by atoms with van der Waals surface area (Å²) < 4.78 is 6.69. The number of aromatic nitrogens is 2. The summed E-state index contributed by atoms with van der Waals surface area (Å²) in [6.45, 7) is 8.51. The van der Waals surface area contributed by atoms with Gasteiger partial charge in [-0.3, -0.25) is 4.68 Å². The third-order valence-corrected chi connectivity index (χ3v) is 2.70.